The van der Waals surface area contributed by atoms with Crippen LogP contribution in [0.1, 0.15) is 37.9 Å². The van der Waals surface area contributed by atoms with Crippen molar-refractivity contribution in [3.8, 4) is 0 Å². The van der Waals surface area contributed by atoms with E-state index in [4.69, 9.17) is 0 Å². The first kappa shape index (κ1) is 12.5. The van der Waals surface area contributed by atoms with E-state index in [1.54, 1.807) is 6.92 Å². The van der Waals surface area contributed by atoms with Crippen molar-refractivity contribution in [3.63, 3.8) is 0 Å². The number of rotatable bonds is 2. The maximum atomic E-state index is 9.65. The molecule has 1 saturated heterocycles. The van der Waals surface area contributed by atoms with Gasteiger partial charge >= 0.3 is 0 Å². The third kappa shape index (κ3) is 2.19. The quantitative estimate of drug-likeness (QED) is 0.899. The smallest absolute Gasteiger partial charge is 0.0772 e. The van der Waals surface area contributed by atoms with Crippen molar-refractivity contribution in [1.82, 2.24) is 0 Å². The first-order valence-electron chi connectivity index (χ1n) is 6.87. The minimum atomic E-state index is -0.411. The molecule has 0 amide bonds. The van der Waals surface area contributed by atoms with Crippen LogP contribution in [0.2, 0.25) is 0 Å². The number of hydrogen-bond acceptors (Lipinski definition) is 2. The molecular formula is C15H20BrNO. The SMILES string of the molecule is C[C@H](O)c1ccc(N2CC3CCCC3C2)cc1Br. The average Bonchev–Trinajstić information content (AvgIpc) is 2.87. The molecule has 3 atom stereocenters. The molecule has 3 rings (SSSR count). The molecule has 3 heteroatoms. The van der Waals surface area contributed by atoms with E-state index in [0.29, 0.717) is 0 Å². The summed E-state index contributed by atoms with van der Waals surface area (Å²) in [6, 6.07) is 6.34. The Morgan fingerprint density at radius 1 is 1.28 bits per heavy atom. The number of fused-ring (bicyclic) bond motifs is 1. The molecule has 1 aliphatic carbocycles. The van der Waals surface area contributed by atoms with E-state index < -0.39 is 6.10 Å². The summed E-state index contributed by atoms with van der Waals surface area (Å²) in [6.45, 7) is 4.23. The lowest BCUT2D eigenvalue weighted by atomic mass is 10.0. The van der Waals surface area contributed by atoms with Gasteiger partial charge in [-0.3, -0.25) is 0 Å². The van der Waals surface area contributed by atoms with Crippen LogP contribution in [0, 0.1) is 11.8 Å². The molecule has 0 radical (unpaired) electrons. The van der Waals surface area contributed by atoms with E-state index in [2.05, 4.69) is 33.0 Å². The Kier molecular flexibility index (Phi) is 3.37. The summed E-state index contributed by atoms with van der Waals surface area (Å²) in [5.41, 5.74) is 2.26. The maximum absolute atomic E-state index is 9.65. The summed E-state index contributed by atoms with van der Waals surface area (Å²) in [5.74, 6) is 1.83. The molecule has 2 unspecified atom stereocenters. The van der Waals surface area contributed by atoms with Gasteiger partial charge in [-0.15, -0.1) is 0 Å². The van der Waals surface area contributed by atoms with Crippen molar-refractivity contribution < 1.29 is 5.11 Å². The second kappa shape index (κ2) is 4.86. The van der Waals surface area contributed by atoms with Gasteiger partial charge in [0.15, 0.2) is 0 Å². The van der Waals surface area contributed by atoms with E-state index in [1.165, 1.54) is 38.0 Å². The third-order valence-corrected chi connectivity index (χ3v) is 5.21. The van der Waals surface area contributed by atoms with Gasteiger partial charge in [0.1, 0.15) is 0 Å². The summed E-state index contributed by atoms with van der Waals surface area (Å²) < 4.78 is 1.02. The van der Waals surface area contributed by atoms with Crippen molar-refractivity contribution in [2.45, 2.75) is 32.3 Å². The van der Waals surface area contributed by atoms with Crippen LogP contribution < -0.4 is 4.90 Å². The number of nitrogens with zero attached hydrogens (tertiary/aromatic N) is 1. The van der Waals surface area contributed by atoms with Crippen LogP contribution in [0.15, 0.2) is 22.7 Å². The summed E-state index contributed by atoms with van der Waals surface area (Å²) in [6.07, 6.45) is 3.84. The molecule has 0 spiro atoms. The fourth-order valence-electron chi connectivity index (χ4n) is 3.50. The van der Waals surface area contributed by atoms with Crippen LogP contribution in [0.4, 0.5) is 5.69 Å². The summed E-state index contributed by atoms with van der Waals surface area (Å²) >= 11 is 3.57. The minimum absolute atomic E-state index is 0.411. The van der Waals surface area contributed by atoms with E-state index in [-0.39, 0.29) is 0 Å². The molecule has 18 heavy (non-hydrogen) atoms. The van der Waals surface area contributed by atoms with Gasteiger partial charge in [0.05, 0.1) is 6.10 Å². The number of aliphatic hydroxyl groups excluding tert-OH is 1. The molecule has 1 aromatic rings. The number of aliphatic hydroxyl groups is 1. The average molecular weight is 310 g/mol. The van der Waals surface area contributed by atoms with Gasteiger partial charge in [-0.1, -0.05) is 28.4 Å². The van der Waals surface area contributed by atoms with Crippen molar-refractivity contribution in [2.75, 3.05) is 18.0 Å². The van der Waals surface area contributed by atoms with Gasteiger partial charge in [0.25, 0.3) is 0 Å². The van der Waals surface area contributed by atoms with Crippen LogP contribution >= 0.6 is 15.9 Å². The zero-order valence-electron chi connectivity index (χ0n) is 10.8. The van der Waals surface area contributed by atoms with Crippen LogP contribution in [-0.2, 0) is 0 Å². The van der Waals surface area contributed by atoms with Crippen molar-refractivity contribution >= 4 is 21.6 Å². The summed E-state index contributed by atoms with van der Waals surface area (Å²) in [7, 11) is 0. The maximum Gasteiger partial charge on any atom is 0.0772 e. The largest absolute Gasteiger partial charge is 0.389 e. The Hall–Kier alpha value is -0.540. The van der Waals surface area contributed by atoms with Gasteiger partial charge in [0.2, 0.25) is 0 Å². The zero-order valence-corrected chi connectivity index (χ0v) is 12.4. The highest BCUT2D eigenvalue weighted by Gasteiger charge is 2.36. The second-order valence-electron chi connectivity index (χ2n) is 5.74. The fourth-order valence-corrected chi connectivity index (χ4v) is 4.20. The van der Waals surface area contributed by atoms with Crippen molar-refractivity contribution in [3.05, 3.63) is 28.2 Å². The van der Waals surface area contributed by atoms with Crippen molar-refractivity contribution in [1.29, 1.82) is 0 Å². The first-order valence-corrected chi connectivity index (χ1v) is 7.67. The Bertz CT molecular complexity index is 434. The molecule has 1 heterocycles. The van der Waals surface area contributed by atoms with Gasteiger partial charge in [-0.2, -0.15) is 0 Å². The van der Waals surface area contributed by atoms with Crippen LogP contribution in [0.25, 0.3) is 0 Å². The van der Waals surface area contributed by atoms with Gasteiger partial charge in [0, 0.05) is 23.2 Å². The highest BCUT2D eigenvalue weighted by atomic mass is 79.9. The second-order valence-corrected chi connectivity index (χ2v) is 6.59. The molecule has 2 nitrogen and oxygen atoms in total. The van der Waals surface area contributed by atoms with E-state index in [0.717, 1.165) is 21.9 Å². The number of anilines is 1. The van der Waals surface area contributed by atoms with E-state index in [9.17, 15) is 5.11 Å². The number of hydrogen-bond donors (Lipinski definition) is 1. The predicted molar refractivity (Wildman–Crippen MR) is 77.8 cm³/mol. The lowest BCUT2D eigenvalue weighted by Gasteiger charge is -2.21. The molecule has 1 N–H and O–H groups in total. The molecule has 1 saturated carbocycles. The van der Waals surface area contributed by atoms with Crippen LogP contribution in [-0.4, -0.2) is 18.2 Å². The van der Waals surface area contributed by atoms with Crippen LogP contribution in [0.5, 0.6) is 0 Å². The summed E-state index contributed by atoms with van der Waals surface area (Å²) in [4.78, 5) is 2.51. The molecular weight excluding hydrogens is 290 g/mol. The molecule has 1 aliphatic heterocycles. The van der Waals surface area contributed by atoms with Crippen LogP contribution in [0.3, 0.4) is 0 Å². The highest BCUT2D eigenvalue weighted by Crippen LogP contribution is 2.40. The Morgan fingerprint density at radius 3 is 2.50 bits per heavy atom. The highest BCUT2D eigenvalue weighted by molar-refractivity contribution is 9.10. The minimum Gasteiger partial charge on any atom is -0.389 e. The Labute approximate surface area is 117 Å². The molecule has 0 bridgehead atoms. The molecule has 2 fully saturated rings. The molecule has 1 aromatic carbocycles. The molecule has 98 valence electrons. The standard InChI is InChI=1S/C15H20BrNO/c1-10(18)14-6-5-13(7-15(14)16)17-8-11-3-2-4-12(11)9-17/h5-7,10-12,18H,2-4,8-9H2,1H3/t10-,11?,12?/m0/s1. The third-order valence-electron chi connectivity index (χ3n) is 4.53. The lowest BCUT2D eigenvalue weighted by Crippen LogP contribution is -2.20. The molecule has 0 aromatic heterocycles. The number of halogens is 1. The fraction of sp³-hybridized carbons (Fsp3) is 0.600. The first-order chi connectivity index (χ1) is 8.65. The topological polar surface area (TPSA) is 23.5 Å². The normalized spacial score (nSPS) is 28.5. The van der Waals surface area contributed by atoms with E-state index in [1.807, 2.05) is 6.07 Å². The van der Waals surface area contributed by atoms with Gasteiger partial charge in [-0.05, 0) is 49.3 Å². The van der Waals surface area contributed by atoms with Gasteiger partial charge < -0.3 is 10.0 Å². The lowest BCUT2D eigenvalue weighted by molar-refractivity contribution is 0.198. The Balaban J connectivity index is 1.79. The van der Waals surface area contributed by atoms with E-state index >= 15 is 0 Å². The summed E-state index contributed by atoms with van der Waals surface area (Å²) in [5, 5.41) is 9.65. The predicted octanol–water partition coefficient (Wildman–Crippen LogP) is 3.74. The number of benzene rings is 1. The van der Waals surface area contributed by atoms with Gasteiger partial charge in [-0.25, -0.2) is 0 Å². The molecule has 2 aliphatic rings. The Morgan fingerprint density at radius 2 is 1.94 bits per heavy atom. The van der Waals surface area contributed by atoms with Crippen molar-refractivity contribution in [2.24, 2.45) is 11.8 Å². The monoisotopic (exact) mass is 309 g/mol. The zero-order chi connectivity index (χ0) is 12.7.